The van der Waals surface area contributed by atoms with Gasteiger partial charge in [0.25, 0.3) is 0 Å². The Morgan fingerprint density at radius 2 is 1.72 bits per heavy atom. The number of hydrogen-bond acceptors (Lipinski definition) is 7. The lowest BCUT2D eigenvalue weighted by Crippen LogP contribution is -2.51. The molecule has 3 aromatic carbocycles. The molecule has 3 saturated heterocycles. The molecular formula is C41H43F2N5O2. The molecule has 4 heterocycles. The standard InChI is InChI=1S/C41H43F2N5O2/c1-2-30-34(42)11-8-24-14-29(49)15-32(35(24)30)36-31(23-6-7-23)16-33-38(37(36)43)45-40(46-39(33)48-19-27-9-10-28(20-48)44-27)50-22-41(12-13-41)21-47-17-25-4-3-5-26(25)18-47/h1,8,11,14-16,23,25-28,44,49H,3-7,9-10,12-13,17-22H2. The van der Waals surface area contributed by atoms with Crippen LogP contribution in [0.3, 0.4) is 0 Å². The second-order valence-corrected chi connectivity index (χ2v) is 16.3. The van der Waals surface area contributed by atoms with Gasteiger partial charge in [-0.05, 0) is 110 Å². The molecule has 3 aliphatic carbocycles. The number of fused-ring (bicyclic) bond motifs is 5. The summed E-state index contributed by atoms with van der Waals surface area (Å²) in [6.07, 6.45) is 16.2. The van der Waals surface area contributed by atoms with Crippen LogP contribution in [0.25, 0.3) is 32.8 Å². The van der Waals surface area contributed by atoms with Gasteiger partial charge in [0.05, 0.1) is 12.2 Å². The summed E-state index contributed by atoms with van der Waals surface area (Å²) >= 11 is 0. The Bertz CT molecular complexity index is 2060. The van der Waals surface area contributed by atoms with Gasteiger partial charge in [-0.2, -0.15) is 9.97 Å². The van der Waals surface area contributed by atoms with Gasteiger partial charge in [0.2, 0.25) is 0 Å². The zero-order valence-electron chi connectivity index (χ0n) is 28.4. The number of phenols is 1. The highest BCUT2D eigenvalue weighted by Gasteiger charge is 2.48. The summed E-state index contributed by atoms with van der Waals surface area (Å²) < 4.78 is 39.2. The molecule has 6 fully saturated rings. The molecule has 10 rings (SSSR count). The minimum absolute atomic E-state index is 0.0385. The van der Waals surface area contributed by atoms with Crippen molar-refractivity contribution >= 4 is 27.5 Å². The van der Waals surface area contributed by atoms with Gasteiger partial charge in [-0.15, -0.1) is 6.42 Å². The predicted octanol–water partition coefficient (Wildman–Crippen LogP) is 7.12. The highest BCUT2D eigenvalue weighted by Crippen LogP contribution is 2.51. The number of likely N-dealkylation sites (tertiary alicyclic amines) is 1. The number of ether oxygens (including phenoxy) is 1. The molecular weight excluding hydrogens is 632 g/mol. The smallest absolute Gasteiger partial charge is 0.319 e. The fourth-order valence-corrected chi connectivity index (χ4v) is 9.92. The number of aromatic nitrogens is 2. The van der Waals surface area contributed by atoms with Gasteiger partial charge in [0.15, 0.2) is 5.82 Å². The second kappa shape index (κ2) is 11.5. The summed E-state index contributed by atoms with van der Waals surface area (Å²) in [4.78, 5) is 14.8. The lowest BCUT2D eigenvalue weighted by molar-refractivity contribution is 0.165. The fraction of sp³-hybridized carbons (Fsp3) is 0.512. The number of terminal acetylenes is 1. The first-order valence-corrected chi connectivity index (χ1v) is 18.7. The Morgan fingerprint density at radius 1 is 0.960 bits per heavy atom. The number of benzene rings is 3. The van der Waals surface area contributed by atoms with E-state index in [0.717, 1.165) is 75.6 Å². The Kier molecular flexibility index (Phi) is 7.09. The van der Waals surface area contributed by atoms with Crippen LogP contribution in [0.5, 0.6) is 11.8 Å². The predicted molar refractivity (Wildman–Crippen MR) is 191 cm³/mol. The van der Waals surface area contributed by atoms with Crippen LogP contribution in [0.1, 0.15) is 74.8 Å². The minimum atomic E-state index is -0.555. The topological polar surface area (TPSA) is 73.8 Å². The van der Waals surface area contributed by atoms with E-state index in [1.807, 2.05) is 6.07 Å². The molecule has 4 atom stereocenters. The first-order valence-electron chi connectivity index (χ1n) is 18.7. The van der Waals surface area contributed by atoms with E-state index < -0.39 is 11.6 Å². The van der Waals surface area contributed by atoms with E-state index in [4.69, 9.17) is 21.1 Å². The lowest BCUT2D eigenvalue weighted by Gasteiger charge is -2.34. The number of anilines is 1. The number of phenolic OH excluding ortho intramolecular Hbond substituents is 1. The first kappa shape index (κ1) is 30.8. The molecule has 9 heteroatoms. The van der Waals surface area contributed by atoms with Gasteiger partial charge in [0, 0.05) is 66.6 Å². The van der Waals surface area contributed by atoms with E-state index in [-0.39, 0.29) is 34.2 Å². The minimum Gasteiger partial charge on any atom is -0.508 e. The number of halogens is 2. The molecule has 1 aromatic heterocycles. The van der Waals surface area contributed by atoms with Crippen molar-refractivity contribution < 1.29 is 18.6 Å². The summed E-state index contributed by atoms with van der Waals surface area (Å²) in [6.45, 7) is 5.50. The molecule has 4 unspecified atom stereocenters. The summed E-state index contributed by atoms with van der Waals surface area (Å²) in [6, 6.07) is 8.90. The van der Waals surface area contributed by atoms with Gasteiger partial charge < -0.3 is 25.0 Å². The van der Waals surface area contributed by atoms with E-state index in [2.05, 4.69) is 21.0 Å². The summed E-state index contributed by atoms with van der Waals surface area (Å²) in [5, 5.41) is 16.2. The Balaban J connectivity index is 1.09. The van der Waals surface area contributed by atoms with Gasteiger partial charge in [-0.1, -0.05) is 18.4 Å². The third-order valence-electron chi connectivity index (χ3n) is 12.7. The van der Waals surface area contributed by atoms with Crippen LogP contribution < -0.4 is 15.0 Å². The fourth-order valence-electron chi connectivity index (χ4n) is 9.92. The molecule has 6 aliphatic rings. The van der Waals surface area contributed by atoms with Crippen molar-refractivity contribution in [2.75, 3.05) is 44.2 Å². The largest absolute Gasteiger partial charge is 0.508 e. The van der Waals surface area contributed by atoms with Crippen LogP contribution in [-0.4, -0.2) is 71.4 Å². The lowest BCUT2D eigenvalue weighted by atomic mass is 9.88. The summed E-state index contributed by atoms with van der Waals surface area (Å²) in [5.41, 5.74) is 1.83. The number of rotatable bonds is 8. The molecule has 258 valence electrons. The highest BCUT2D eigenvalue weighted by atomic mass is 19.1. The maximum Gasteiger partial charge on any atom is 0.319 e. The Morgan fingerprint density at radius 3 is 2.42 bits per heavy atom. The molecule has 3 saturated carbocycles. The molecule has 7 nitrogen and oxygen atoms in total. The van der Waals surface area contributed by atoms with E-state index in [1.54, 1.807) is 12.1 Å². The molecule has 2 bridgehead atoms. The van der Waals surface area contributed by atoms with Crippen LogP contribution >= 0.6 is 0 Å². The van der Waals surface area contributed by atoms with E-state index in [1.165, 1.54) is 44.5 Å². The third kappa shape index (κ3) is 5.21. The first-order chi connectivity index (χ1) is 24.3. The second-order valence-electron chi connectivity index (χ2n) is 16.3. The molecule has 0 amide bonds. The summed E-state index contributed by atoms with van der Waals surface area (Å²) in [7, 11) is 0. The van der Waals surface area contributed by atoms with E-state index in [9.17, 15) is 5.11 Å². The van der Waals surface area contributed by atoms with Gasteiger partial charge in [0.1, 0.15) is 22.9 Å². The quantitative estimate of drug-likeness (QED) is 0.193. The number of nitrogens with one attached hydrogen (secondary N) is 1. The van der Waals surface area contributed by atoms with Crippen LogP contribution in [0.15, 0.2) is 30.3 Å². The zero-order chi connectivity index (χ0) is 33.7. The monoisotopic (exact) mass is 675 g/mol. The Hall–Kier alpha value is -4.00. The average molecular weight is 676 g/mol. The third-order valence-corrected chi connectivity index (χ3v) is 12.7. The maximum absolute atomic E-state index is 17.6. The highest BCUT2D eigenvalue weighted by molar-refractivity contribution is 6.05. The van der Waals surface area contributed by atoms with Crippen molar-refractivity contribution in [1.29, 1.82) is 0 Å². The molecule has 50 heavy (non-hydrogen) atoms. The molecule has 3 aliphatic heterocycles. The molecule has 0 radical (unpaired) electrons. The van der Waals surface area contributed by atoms with Crippen LogP contribution in [-0.2, 0) is 0 Å². The van der Waals surface area contributed by atoms with Crippen molar-refractivity contribution in [3.63, 3.8) is 0 Å². The van der Waals surface area contributed by atoms with Gasteiger partial charge in [-0.25, -0.2) is 8.78 Å². The van der Waals surface area contributed by atoms with Gasteiger partial charge >= 0.3 is 6.01 Å². The molecule has 0 spiro atoms. The maximum atomic E-state index is 17.6. The summed E-state index contributed by atoms with van der Waals surface area (Å²) in [5.74, 6) is 3.93. The van der Waals surface area contributed by atoms with Crippen LogP contribution in [0.2, 0.25) is 0 Å². The number of piperazine rings is 1. The van der Waals surface area contributed by atoms with Crippen molar-refractivity contribution in [1.82, 2.24) is 20.2 Å². The SMILES string of the molecule is C#Cc1c(F)ccc2cc(O)cc(-c3c(C4CC4)cc4c(N5CC6CCC(C5)N6)nc(OCC5(CN6CC7CCCC7C6)CC5)nc4c3F)c12. The number of aromatic hydroxyl groups is 1. The van der Waals surface area contributed by atoms with E-state index in [0.29, 0.717) is 51.8 Å². The van der Waals surface area contributed by atoms with Crippen LogP contribution in [0.4, 0.5) is 14.6 Å². The van der Waals surface area contributed by atoms with Crippen molar-refractivity contribution in [3.05, 3.63) is 53.1 Å². The van der Waals surface area contributed by atoms with E-state index >= 15 is 8.78 Å². The van der Waals surface area contributed by atoms with Crippen LogP contribution in [0, 0.1) is 41.2 Å². The van der Waals surface area contributed by atoms with Crippen molar-refractivity contribution in [3.8, 4) is 35.2 Å². The zero-order valence-corrected chi connectivity index (χ0v) is 28.4. The average Bonchev–Trinajstić information content (AvgIpc) is 3.98. The molecule has 4 aromatic rings. The number of hydrogen-bond donors (Lipinski definition) is 2. The molecule has 2 N–H and O–H groups in total. The van der Waals surface area contributed by atoms with Gasteiger partial charge in [-0.3, -0.25) is 0 Å². The van der Waals surface area contributed by atoms with Crippen molar-refractivity contribution in [2.45, 2.75) is 75.8 Å². The van der Waals surface area contributed by atoms with Crippen molar-refractivity contribution in [2.24, 2.45) is 17.3 Å². The number of nitrogens with zero attached hydrogens (tertiary/aromatic N) is 4. The normalized spacial score (nSPS) is 26.9. The Labute approximate surface area is 291 Å².